The first-order valence-corrected chi connectivity index (χ1v) is 8.50. The Balaban J connectivity index is 1.67. The van der Waals surface area contributed by atoms with E-state index >= 15 is 0 Å². The molecule has 140 valence electrons. The number of aromatic nitrogens is 2. The van der Waals surface area contributed by atoms with E-state index in [2.05, 4.69) is 10.4 Å². The fourth-order valence-electron chi connectivity index (χ4n) is 2.94. The molecule has 0 spiro atoms. The number of aryl methyl sites for hydroxylation is 2. The smallest absolute Gasteiger partial charge is 0.269 e. The Labute approximate surface area is 156 Å². The predicted molar refractivity (Wildman–Crippen MR) is 98.4 cm³/mol. The van der Waals surface area contributed by atoms with Crippen molar-refractivity contribution < 1.29 is 14.1 Å². The molecule has 27 heavy (non-hydrogen) atoms. The third kappa shape index (κ3) is 4.41. The summed E-state index contributed by atoms with van der Waals surface area (Å²) < 4.78 is 7.36. The van der Waals surface area contributed by atoms with Gasteiger partial charge in [-0.15, -0.1) is 0 Å². The van der Waals surface area contributed by atoms with Crippen molar-refractivity contribution in [3.8, 4) is 0 Å². The number of nitrogens with one attached hydrogen (secondary N) is 1. The van der Waals surface area contributed by atoms with Gasteiger partial charge in [0, 0.05) is 24.4 Å². The normalized spacial score (nSPS) is 11.9. The molecule has 1 atom stereocenters. The van der Waals surface area contributed by atoms with Gasteiger partial charge in [0.1, 0.15) is 11.8 Å². The average Bonchev–Trinajstić information content (AvgIpc) is 3.26. The molecule has 8 nitrogen and oxygen atoms in total. The minimum atomic E-state index is -0.466. The number of non-ortho nitro benzene ring substituents is 1. The van der Waals surface area contributed by atoms with Crippen molar-refractivity contribution in [1.82, 2.24) is 15.1 Å². The molecule has 2 heterocycles. The quantitative estimate of drug-likeness (QED) is 0.510. The van der Waals surface area contributed by atoms with Crippen LogP contribution in [0.25, 0.3) is 0 Å². The first-order chi connectivity index (χ1) is 12.9. The Hall–Kier alpha value is -3.42. The second-order valence-corrected chi connectivity index (χ2v) is 6.31. The van der Waals surface area contributed by atoms with Crippen LogP contribution in [0.4, 0.5) is 5.69 Å². The average molecular weight is 368 g/mol. The Morgan fingerprint density at radius 3 is 2.59 bits per heavy atom. The molecule has 3 rings (SSSR count). The fourth-order valence-corrected chi connectivity index (χ4v) is 2.94. The van der Waals surface area contributed by atoms with Crippen molar-refractivity contribution in [3.63, 3.8) is 0 Å². The third-order valence-corrected chi connectivity index (χ3v) is 4.22. The fraction of sp³-hybridized carbons (Fsp3) is 0.263. The topological polar surface area (TPSA) is 103 Å². The van der Waals surface area contributed by atoms with Crippen molar-refractivity contribution in [2.45, 2.75) is 26.3 Å². The number of furan rings is 1. The van der Waals surface area contributed by atoms with E-state index in [0.717, 1.165) is 11.4 Å². The molecule has 0 saturated heterocycles. The van der Waals surface area contributed by atoms with Gasteiger partial charge < -0.3 is 9.73 Å². The first-order valence-electron chi connectivity index (χ1n) is 8.50. The number of hydrogen-bond acceptors (Lipinski definition) is 5. The number of hydrogen-bond donors (Lipinski definition) is 1. The highest BCUT2D eigenvalue weighted by molar-refractivity contribution is 5.78. The van der Waals surface area contributed by atoms with Crippen LogP contribution in [0.1, 0.15) is 28.8 Å². The van der Waals surface area contributed by atoms with Crippen molar-refractivity contribution >= 4 is 11.6 Å². The van der Waals surface area contributed by atoms with Gasteiger partial charge in [0.25, 0.3) is 5.69 Å². The highest BCUT2D eigenvalue weighted by Crippen LogP contribution is 2.20. The monoisotopic (exact) mass is 368 g/mol. The summed E-state index contributed by atoms with van der Waals surface area (Å²) in [6.07, 6.45) is 1.73. The number of carbonyl (C=O) groups is 1. The molecule has 8 heteroatoms. The van der Waals surface area contributed by atoms with Crippen LogP contribution in [0.15, 0.2) is 53.1 Å². The minimum absolute atomic E-state index is 0.00145. The lowest BCUT2D eigenvalue weighted by molar-refractivity contribution is -0.384. The van der Waals surface area contributed by atoms with Crippen LogP contribution in [-0.2, 0) is 11.2 Å². The van der Waals surface area contributed by atoms with Crippen LogP contribution in [0.3, 0.4) is 0 Å². The molecule has 2 aromatic heterocycles. The van der Waals surface area contributed by atoms with Gasteiger partial charge in [-0.25, -0.2) is 0 Å². The molecule has 1 amide bonds. The molecule has 1 aromatic carbocycles. The second-order valence-electron chi connectivity index (χ2n) is 6.31. The zero-order valence-electron chi connectivity index (χ0n) is 15.1. The Morgan fingerprint density at radius 1 is 1.30 bits per heavy atom. The summed E-state index contributed by atoms with van der Waals surface area (Å²) in [5, 5.41) is 18.1. The van der Waals surface area contributed by atoms with E-state index < -0.39 is 4.92 Å². The summed E-state index contributed by atoms with van der Waals surface area (Å²) >= 11 is 0. The van der Waals surface area contributed by atoms with Gasteiger partial charge in [-0.2, -0.15) is 5.10 Å². The maximum Gasteiger partial charge on any atom is 0.269 e. The Bertz CT molecular complexity index is 929. The maximum atomic E-state index is 12.3. The molecule has 3 aromatic rings. The lowest BCUT2D eigenvalue weighted by Crippen LogP contribution is -2.33. The SMILES string of the molecule is Cc1cc(C)n(C(CNC(=O)Cc2ccc([N+](=O)[O-])cc2)c2ccco2)n1. The van der Waals surface area contributed by atoms with Crippen LogP contribution >= 0.6 is 0 Å². The van der Waals surface area contributed by atoms with E-state index in [1.165, 1.54) is 12.1 Å². The first kappa shape index (κ1) is 18.4. The molecular weight excluding hydrogens is 348 g/mol. The van der Waals surface area contributed by atoms with Gasteiger partial charge in [0.15, 0.2) is 0 Å². The standard InChI is InChI=1S/C19H20N4O4/c1-13-10-14(2)22(21-13)17(18-4-3-9-27-18)12-20-19(24)11-15-5-7-16(8-6-15)23(25)26/h3-10,17H,11-12H2,1-2H3,(H,20,24). The molecule has 0 aliphatic heterocycles. The van der Waals surface area contributed by atoms with Gasteiger partial charge >= 0.3 is 0 Å². The Kier molecular flexibility index (Phi) is 5.35. The molecule has 0 saturated carbocycles. The third-order valence-electron chi connectivity index (χ3n) is 4.22. The van der Waals surface area contributed by atoms with E-state index in [1.54, 1.807) is 24.5 Å². The van der Waals surface area contributed by atoms with E-state index in [4.69, 9.17) is 4.42 Å². The van der Waals surface area contributed by atoms with Crippen molar-refractivity contribution in [1.29, 1.82) is 0 Å². The van der Waals surface area contributed by atoms with Crippen molar-refractivity contribution in [3.05, 3.63) is 81.6 Å². The largest absolute Gasteiger partial charge is 0.467 e. The van der Waals surface area contributed by atoms with Gasteiger partial charge in [-0.05, 0) is 37.6 Å². The van der Waals surface area contributed by atoms with Gasteiger partial charge in [-0.1, -0.05) is 12.1 Å². The molecule has 1 N–H and O–H groups in total. The van der Waals surface area contributed by atoms with Gasteiger partial charge in [0.05, 0.1) is 23.3 Å². The zero-order valence-corrected chi connectivity index (χ0v) is 15.1. The lowest BCUT2D eigenvalue weighted by Gasteiger charge is -2.18. The maximum absolute atomic E-state index is 12.3. The van der Waals surface area contributed by atoms with E-state index in [1.807, 2.05) is 30.7 Å². The summed E-state index contributed by atoms with van der Waals surface area (Å²) in [6.45, 7) is 4.19. The van der Waals surface area contributed by atoms with Crippen LogP contribution in [0, 0.1) is 24.0 Å². The molecule has 0 fully saturated rings. The van der Waals surface area contributed by atoms with Crippen LogP contribution in [-0.4, -0.2) is 27.2 Å². The highest BCUT2D eigenvalue weighted by Gasteiger charge is 2.20. The number of amides is 1. The van der Waals surface area contributed by atoms with Gasteiger partial charge in [-0.3, -0.25) is 19.6 Å². The van der Waals surface area contributed by atoms with Crippen LogP contribution < -0.4 is 5.32 Å². The summed E-state index contributed by atoms with van der Waals surface area (Å²) in [4.78, 5) is 22.6. The van der Waals surface area contributed by atoms with E-state index in [-0.39, 0.29) is 24.1 Å². The predicted octanol–water partition coefficient (Wildman–Crippen LogP) is 2.95. The summed E-state index contributed by atoms with van der Waals surface area (Å²) in [7, 11) is 0. The Morgan fingerprint density at radius 2 is 2.04 bits per heavy atom. The molecule has 0 aliphatic rings. The molecule has 0 bridgehead atoms. The minimum Gasteiger partial charge on any atom is -0.467 e. The molecule has 1 unspecified atom stereocenters. The van der Waals surface area contributed by atoms with E-state index in [9.17, 15) is 14.9 Å². The second kappa shape index (κ2) is 7.86. The number of nitro benzene ring substituents is 1. The molecule has 0 radical (unpaired) electrons. The highest BCUT2D eigenvalue weighted by atomic mass is 16.6. The van der Waals surface area contributed by atoms with Crippen LogP contribution in [0.5, 0.6) is 0 Å². The zero-order chi connectivity index (χ0) is 19.4. The summed E-state index contributed by atoms with van der Waals surface area (Å²) in [5.41, 5.74) is 2.57. The number of rotatable bonds is 7. The number of nitro groups is 1. The molecular formula is C19H20N4O4. The van der Waals surface area contributed by atoms with Crippen molar-refractivity contribution in [2.24, 2.45) is 0 Å². The van der Waals surface area contributed by atoms with Crippen LogP contribution in [0.2, 0.25) is 0 Å². The van der Waals surface area contributed by atoms with Gasteiger partial charge in [0.2, 0.25) is 5.91 Å². The molecule has 0 aliphatic carbocycles. The number of carbonyl (C=O) groups excluding carboxylic acids is 1. The van der Waals surface area contributed by atoms with Crippen molar-refractivity contribution in [2.75, 3.05) is 6.54 Å². The lowest BCUT2D eigenvalue weighted by atomic mass is 10.1. The van der Waals surface area contributed by atoms with E-state index in [0.29, 0.717) is 17.9 Å². The number of benzene rings is 1. The summed E-state index contributed by atoms with van der Waals surface area (Å²) in [5.74, 6) is 0.527. The summed E-state index contributed by atoms with van der Waals surface area (Å²) in [6, 6.07) is 11.3. The number of nitrogens with zero attached hydrogens (tertiary/aromatic N) is 3.